The largest absolute Gasteiger partial charge is 0.494 e. The van der Waals surface area contributed by atoms with E-state index >= 15 is 0 Å². The molecule has 2 aromatic rings. The lowest BCUT2D eigenvalue weighted by atomic mass is 10.1. The average Bonchev–Trinajstić information content (AvgIpc) is 2.68. The first-order valence-electron chi connectivity index (χ1n) is 8.35. The van der Waals surface area contributed by atoms with Crippen LogP contribution in [0, 0.1) is 0 Å². The number of rotatable bonds is 6. The summed E-state index contributed by atoms with van der Waals surface area (Å²) in [7, 11) is 2.89. The molecule has 0 aromatic heterocycles. The van der Waals surface area contributed by atoms with E-state index in [0.717, 1.165) is 0 Å². The number of benzene rings is 2. The molecule has 0 saturated heterocycles. The van der Waals surface area contributed by atoms with E-state index in [0.29, 0.717) is 34.1 Å². The number of amides is 3. The predicted molar refractivity (Wildman–Crippen MR) is 102 cm³/mol. The molecule has 1 heterocycles. The molecule has 0 atom stereocenters. The van der Waals surface area contributed by atoms with Gasteiger partial charge in [-0.25, -0.2) is 0 Å². The summed E-state index contributed by atoms with van der Waals surface area (Å²) in [5.41, 5.74) is 1.83. The van der Waals surface area contributed by atoms with Crippen LogP contribution in [0.15, 0.2) is 36.4 Å². The third-order valence-corrected chi connectivity index (χ3v) is 3.89. The molecule has 3 rings (SSSR count). The molecule has 0 unspecified atom stereocenters. The van der Waals surface area contributed by atoms with Crippen LogP contribution in [0.3, 0.4) is 0 Å². The van der Waals surface area contributed by atoms with Crippen molar-refractivity contribution < 1.29 is 28.6 Å². The molecule has 0 radical (unpaired) electrons. The minimum Gasteiger partial charge on any atom is -0.494 e. The van der Waals surface area contributed by atoms with Gasteiger partial charge >= 0.3 is 0 Å². The third kappa shape index (κ3) is 4.38. The van der Waals surface area contributed by atoms with Crippen molar-refractivity contribution in [2.75, 3.05) is 43.4 Å². The van der Waals surface area contributed by atoms with Gasteiger partial charge in [-0.1, -0.05) is 0 Å². The smallest absolute Gasteiger partial charge is 0.262 e. The van der Waals surface area contributed by atoms with Gasteiger partial charge in [-0.3, -0.25) is 14.4 Å². The van der Waals surface area contributed by atoms with Gasteiger partial charge in [0.1, 0.15) is 18.1 Å². The van der Waals surface area contributed by atoms with E-state index in [1.807, 2.05) is 0 Å². The van der Waals surface area contributed by atoms with Crippen LogP contribution in [0.1, 0.15) is 10.4 Å². The maximum Gasteiger partial charge on any atom is 0.262 e. The minimum atomic E-state index is -0.360. The van der Waals surface area contributed by atoms with Gasteiger partial charge in [-0.2, -0.15) is 0 Å². The van der Waals surface area contributed by atoms with Crippen molar-refractivity contribution in [1.29, 1.82) is 0 Å². The molecular weight excluding hydrogens is 366 g/mol. The van der Waals surface area contributed by atoms with Gasteiger partial charge in [0, 0.05) is 24.4 Å². The van der Waals surface area contributed by atoms with Crippen LogP contribution in [-0.4, -0.2) is 45.2 Å². The minimum absolute atomic E-state index is 0.0809. The normalized spacial score (nSPS) is 12.3. The quantitative estimate of drug-likeness (QED) is 0.699. The average molecular weight is 385 g/mol. The Morgan fingerprint density at radius 1 is 1.14 bits per heavy atom. The van der Waals surface area contributed by atoms with Crippen molar-refractivity contribution in [2.45, 2.75) is 0 Å². The summed E-state index contributed by atoms with van der Waals surface area (Å²) < 4.78 is 15.4. The Labute approximate surface area is 161 Å². The Morgan fingerprint density at radius 3 is 2.71 bits per heavy atom. The number of hydrogen-bond acceptors (Lipinski definition) is 6. The molecule has 3 N–H and O–H groups in total. The molecular formula is C19H19N3O6. The Morgan fingerprint density at radius 2 is 1.96 bits per heavy atom. The van der Waals surface area contributed by atoms with E-state index in [4.69, 9.17) is 14.2 Å². The molecule has 3 amide bonds. The highest BCUT2D eigenvalue weighted by molar-refractivity contribution is 6.06. The first-order valence-corrected chi connectivity index (χ1v) is 8.35. The monoisotopic (exact) mass is 385 g/mol. The first kappa shape index (κ1) is 19.2. The summed E-state index contributed by atoms with van der Waals surface area (Å²) in [6.45, 7) is -0.173. The second-order valence-electron chi connectivity index (χ2n) is 5.90. The van der Waals surface area contributed by atoms with Crippen LogP contribution in [0.2, 0.25) is 0 Å². The van der Waals surface area contributed by atoms with Gasteiger partial charge in [0.25, 0.3) is 11.8 Å². The highest BCUT2D eigenvalue weighted by Gasteiger charge is 2.18. The van der Waals surface area contributed by atoms with Crippen LogP contribution in [0.4, 0.5) is 17.1 Å². The van der Waals surface area contributed by atoms with Gasteiger partial charge in [-0.15, -0.1) is 0 Å². The van der Waals surface area contributed by atoms with E-state index in [-0.39, 0.29) is 30.9 Å². The lowest BCUT2D eigenvalue weighted by Gasteiger charge is -2.18. The second kappa shape index (κ2) is 8.40. The number of methoxy groups -OCH3 is 2. The van der Waals surface area contributed by atoms with Gasteiger partial charge in [0.15, 0.2) is 6.61 Å². The zero-order valence-electron chi connectivity index (χ0n) is 15.3. The van der Waals surface area contributed by atoms with Crippen LogP contribution in [0.5, 0.6) is 11.5 Å². The molecule has 0 spiro atoms. The van der Waals surface area contributed by atoms with Gasteiger partial charge in [-0.05, 0) is 30.3 Å². The third-order valence-electron chi connectivity index (χ3n) is 3.89. The lowest BCUT2D eigenvalue weighted by molar-refractivity contribution is -0.120. The number of ether oxygens (including phenoxy) is 3. The summed E-state index contributed by atoms with van der Waals surface area (Å²) in [6, 6.07) is 9.59. The number of nitrogens with one attached hydrogen (secondary N) is 3. The summed E-state index contributed by atoms with van der Waals surface area (Å²) in [5, 5.41) is 8.08. The van der Waals surface area contributed by atoms with E-state index in [1.54, 1.807) is 36.4 Å². The molecule has 0 fully saturated rings. The molecule has 28 heavy (non-hydrogen) atoms. The van der Waals surface area contributed by atoms with Gasteiger partial charge < -0.3 is 30.2 Å². The van der Waals surface area contributed by atoms with Crippen molar-refractivity contribution in [3.8, 4) is 11.5 Å². The zero-order chi connectivity index (χ0) is 20.1. The maximum atomic E-state index is 12.5. The van der Waals surface area contributed by atoms with E-state index in [2.05, 4.69) is 16.0 Å². The molecule has 0 aliphatic carbocycles. The van der Waals surface area contributed by atoms with E-state index in [9.17, 15) is 14.4 Å². The number of carbonyl (C=O) groups is 3. The molecule has 9 nitrogen and oxygen atoms in total. The summed E-state index contributed by atoms with van der Waals surface area (Å²) in [6.07, 6.45) is 0. The van der Waals surface area contributed by atoms with Crippen molar-refractivity contribution in [2.24, 2.45) is 0 Å². The van der Waals surface area contributed by atoms with Gasteiger partial charge in [0.2, 0.25) is 5.91 Å². The second-order valence-corrected chi connectivity index (χ2v) is 5.90. The number of hydrogen-bond donors (Lipinski definition) is 3. The zero-order valence-corrected chi connectivity index (χ0v) is 15.3. The van der Waals surface area contributed by atoms with Crippen LogP contribution < -0.4 is 25.4 Å². The molecule has 146 valence electrons. The summed E-state index contributed by atoms with van der Waals surface area (Å²) in [5.74, 6) is -0.102. The van der Waals surface area contributed by atoms with Crippen molar-refractivity contribution in [3.63, 3.8) is 0 Å². The Kier molecular flexibility index (Phi) is 5.75. The molecule has 0 bridgehead atoms. The predicted octanol–water partition coefficient (Wildman–Crippen LogP) is 1.86. The highest BCUT2D eigenvalue weighted by Crippen LogP contribution is 2.30. The topological polar surface area (TPSA) is 115 Å². The molecule has 1 aliphatic rings. The molecule has 1 aliphatic heterocycles. The molecule has 0 saturated carbocycles. The maximum absolute atomic E-state index is 12.5. The summed E-state index contributed by atoms with van der Waals surface area (Å²) in [4.78, 5) is 35.5. The Hall–Kier alpha value is -3.59. The van der Waals surface area contributed by atoms with Gasteiger partial charge in [0.05, 0.1) is 18.5 Å². The Balaban J connectivity index is 1.73. The number of carbonyl (C=O) groups excluding carboxylic acids is 3. The SMILES string of the molecule is COCC(=O)Nc1ccc(NC(=O)c2ccc3c(c2)OCC(=O)N3)cc1OC. The fourth-order valence-electron chi connectivity index (χ4n) is 2.61. The number of anilines is 3. The van der Waals surface area contributed by atoms with E-state index in [1.165, 1.54) is 14.2 Å². The van der Waals surface area contributed by atoms with E-state index < -0.39 is 0 Å². The lowest BCUT2D eigenvalue weighted by Crippen LogP contribution is -2.25. The molecule has 2 aromatic carbocycles. The van der Waals surface area contributed by atoms with Crippen LogP contribution in [-0.2, 0) is 14.3 Å². The fourth-order valence-corrected chi connectivity index (χ4v) is 2.61. The number of fused-ring (bicyclic) bond motifs is 1. The first-order chi connectivity index (χ1) is 13.5. The summed E-state index contributed by atoms with van der Waals surface area (Å²) >= 11 is 0. The standard InChI is InChI=1S/C19H19N3O6/c1-26-9-17(23)21-13-6-4-12(8-15(13)27-2)20-19(25)11-3-5-14-16(7-11)28-10-18(24)22-14/h3-8H,9-10H2,1-2H3,(H,20,25)(H,21,23)(H,22,24). The van der Waals surface area contributed by atoms with Crippen molar-refractivity contribution >= 4 is 34.8 Å². The van der Waals surface area contributed by atoms with Crippen LogP contribution >= 0.6 is 0 Å². The van der Waals surface area contributed by atoms with Crippen molar-refractivity contribution in [3.05, 3.63) is 42.0 Å². The van der Waals surface area contributed by atoms with Crippen LogP contribution in [0.25, 0.3) is 0 Å². The highest BCUT2D eigenvalue weighted by atomic mass is 16.5. The fraction of sp³-hybridized carbons (Fsp3) is 0.211. The molecule has 9 heteroatoms. The Bertz CT molecular complexity index is 928. The van der Waals surface area contributed by atoms with Crippen molar-refractivity contribution in [1.82, 2.24) is 0 Å².